The van der Waals surface area contributed by atoms with Crippen molar-refractivity contribution in [3.8, 4) is 0 Å². The van der Waals surface area contributed by atoms with E-state index in [1.807, 2.05) is 6.07 Å². The average molecular weight is 381 g/mol. The van der Waals surface area contributed by atoms with E-state index >= 15 is 0 Å². The molecule has 27 heavy (non-hydrogen) atoms. The van der Waals surface area contributed by atoms with Gasteiger partial charge in [0.2, 0.25) is 0 Å². The van der Waals surface area contributed by atoms with Gasteiger partial charge in [-0.3, -0.25) is 4.98 Å². The molecule has 1 atom stereocenters. The van der Waals surface area contributed by atoms with Gasteiger partial charge in [-0.1, -0.05) is 6.07 Å². The van der Waals surface area contributed by atoms with Crippen LogP contribution in [0.25, 0.3) is 0 Å². The number of nitrogens with zero attached hydrogens (tertiary/aromatic N) is 2. The Labute approximate surface area is 154 Å². The first-order valence-electron chi connectivity index (χ1n) is 8.66. The largest absolute Gasteiger partial charge is 0.416 e. The van der Waals surface area contributed by atoms with Gasteiger partial charge in [-0.05, 0) is 49.1 Å². The maximum atomic E-state index is 13.9. The zero-order valence-corrected chi connectivity index (χ0v) is 14.5. The minimum atomic E-state index is -4.56. The molecule has 0 spiro atoms. The number of pyridine rings is 1. The lowest BCUT2D eigenvalue weighted by Crippen LogP contribution is -2.44. The van der Waals surface area contributed by atoms with E-state index in [-0.39, 0.29) is 18.2 Å². The molecule has 2 aromatic rings. The van der Waals surface area contributed by atoms with Crippen LogP contribution in [-0.4, -0.2) is 22.5 Å². The van der Waals surface area contributed by atoms with Gasteiger partial charge in [-0.25, -0.2) is 9.18 Å². The number of hydrogen-bond acceptors (Lipinski definition) is 2. The zero-order valence-electron chi connectivity index (χ0n) is 14.5. The molecular weight excluding hydrogens is 362 g/mol. The first kappa shape index (κ1) is 19.1. The second-order valence-electron chi connectivity index (χ2n) is 6.45. The lowest BCUT2D eigenvalue weighted by Gasteiger charge is -2.35. The standard InChI is InChI=1S/C19H19F4N3O/c20-16-7-6-15(19(21,22)23)10-14(16)12-25-18(27)26-9-2-1-5-17(26)13-4-3-8-24-11-13/h3-4,6-8,10-11,17H,1-2,5,9,12H2,(H,25,27). The van der Waals surface area contributed by atoms with Gasteiger partial charge < -0.3 is 10.2 Å². The second-order valence-corrected chi connectivity index (χ2v) is 6.45. The monoisotopic (exact) mass is 381 g/mol. The second kappa shape index (κ2) is 7.94. The summed E-state index contributed by atoms with van der Waals surface area (Å²) >= 11 is 0. The van der Waals surface area contributed by atoms with E-state index in [2.05, 4.69) is 10.3 Å². The molecule has 0 radical (unpaired) electrons. The molecule has 1 N–H and O–H groups in total. The highest BCUT2D eigenvalue weighted by Gasteiger charge is 2.31. The number of hydrogen-bond donors (Lipinski definition) is 1. The van der Waals surface area contributed by atoms with Gasteiger partial charge in [-0.2, -0.15) is 13.2 Å². The Morgan fingerprint density at radius 2 is 2.07 bits per heavy atom. The Bertz CT molecular complexity index is 795. The van der Waals surface area contributed by atoms with Crippen LogP contribution in [0, 0.1) is 5.82 Å². The van der Waals surface area contributed by atoms with E-state index in [1.165, 1.54) is 0 Å². The van der Waals surface area contributed by atoms with Crippen molar-refractivity contribution in [3.63, 3.8) is 0 Å². The Kier molecular flexibility index (Phi) is 5.62. The molecule has 8 heteroatoms. The molecule has 1 saturated heterocycles. The minimum absolute atomic E-state index is 0.154. The maximum Gasteiger partial charge on any atom is 0.416 e. The summed E-state index contributed by atoms with van der Waals surface area (Å²) in [6, 6.07) is 5.27. The molecule has 1 fully saturated rings. The van der Waals surface area contributed by atoms with Crippen LogP contribution in [0.2, 0.25) is 0 Å². The third kappa shape index (κ3) is 4.56. The zero-order chi connectivity index (χ0) is 19.4. The number of piperidine rings is 1. The van der Waals surface area contributed by atoms with Crippen LogP contribution in [0.4, 0.5) is 22.4 Å². The summed E-state index contributed by atoms with van der Waals surface area (Å²) in [5.41, 5.74) is -0.245. The highest BCUT2D eigenvalue weighted by atomic mass is 19.4. The molecule has 2 amide bonds. The summed E-state index contributed by atoms with van der Waals surface area (Å²) < 4.78 is 52.3. The number of urea groups is 1. The number of aromatic nitrogens is 1. The van der Waals surface area contributed by atoms with Crippen LogP contribution in [-0.2, 0) is 12.7 Å². The Morgan fingerprint density at radius 1 is 1.26 bits per heavy atom. The molecule has 3 rings (SSSR count). The van der Waals surface area contributed by atoms with Crippen LogP contribution in [0.3, 0.4) is 0 Å². The quantitative estimate of drug-likeness (QED) is 0.785. The van der Waals surface area contributed by atoms with Gasteiger partial charge in [0.25, 0.3) is 0 Å². The summed E-state index contributed by atoms with van der Waals surface area (Å²) in [4.78, 5) is 18.3. The van der Waals surface area contributed by atoms with E-state index in [4.69, 9.17) is 0 Å². The molecule has 1 aromatic carbocycles. The van der Waals surface area contributed by atoms with Crippen molar-refractivity contribution >= 4 is 6.03 Å². The number of rotatable bonds is 3. The van der Waals surface area contributed by atoms with Crippen molar-refractivity contribution in [1.82, 2.24) is 15.2 Å². The van der Waals surface area contributed by atoms with Crippen molar-refractivity contribution in [3.05, 3.63) is 65.2 Å². The molecule has 1 aliphatic rings. The summed E-state index contributed by atoms with van der Waals surface area (Å²) in [5.74, 6) is -0.786. The van der Waals surface area contributed by atoms with Crippen molar-refractivity contribution in [2.45, 2.75) is 38.0 Å². The number of benzene rings is 1. The summed E-state index contributed by atoms with van der Waals surface area (Å²) in [5, 5.41) is 2.55. The minimum Gasteiger partial charge on any atom is -0.334 e. The summed E-state index contributed by atoms with van der Waals surface area (Å²) in [7, 11) is 0. The van der Waals surface area contributed by atoms with Crippen molar-refractivity contribution < 1.29 is 22.4 Å². The predicted octanol–water partition coefficient (Wildman–Crippen LogP) is 4.68. The van der Waals surface area contributed by atoms with Crippen LogP contribution < -0.4 is 5.32 Å². The van der Waals surface area contributed by atoms with E-state index in [0.29, 0.717) is 12.6 Å². The van der Waals surface area contributed by atoms with Crippen LogP contribution in [0.5, 0.6) is 0 Å². The van der Waals surface area contributed by atoms with Gasteiger partial charge in [0.15, 0.2) is 0 Å². The first-order chi connectivity index (χ1) is 12.9. The lowest BCUT2D eigenvalue weighted by molar-refractivity contribution is -0.137. The van der Waals surface area contributed by atoms with Gasteiger partial charge >= 0.3 is 12.2 Å². The predicted molar refractivity (Wildman–Crippen MR) is 91.2 cm³/mol. The highest BCUT2D eigenvalue weighted by molar-refractivity contribution is 5.75. The van der Waals surface area contributed by atoms with Gasteiger partial charge in [0.1, 0.15) is 5.82 Å². The molecule has 2 heterocycles. The van der Waals surface area contributed by atoms with E-state index < -0.39 is 23.6 Å². The number of nitrogens with one attached hydrogen (secondary N) is 1. The SMILES string of the molecule is O=C(NCc1cc(C(F)(F)F)ccc1F)N1CCCCC1c1cccnc1. The lowest BCUT2D eigenvalue weighted by atomic mass is 9.97. The van der Waals surface area contributed by atoms with Crippen molar-refractivity contribution in [2.24, 2.45) is 0 Å². The summed E-state index contributed by atoms with van der Waals surface area (Å²) in [6.45, 7) is 0.210. The van der Waals surface area contributed by atoms with Crippen LogP contribution in [0.15, 0.2) is 42.7 Å². The third-order valence-electron chi connectivity index (χ3n) is 4.64. The van der Waals surface area contributed by atoms with E-state index in [1.54, 1.807) is 23.4 Å². The van der Waals surface area contributed by atoms with Crippen LogP contribution in [0.1, 0.15) is 42.0 Å². The smallest absolute Gasteiger partial charge is 0.334 e. The number of carbonyl (C=O) groups is 1. The highest BCUT2D eigenvalue weighted by Crippen LogP contribution is 2.31. The molecule has 1 unspecified atom stereocenters. The fourth-order valence-electron chi connectivity index (χ4n) is 3.25. The fourth-order valence-corrected chi connectivity index (χ4v) is 3.25. The van der Waals surface area contributed by atoms with Gasteiger partial charge in [-0.15, -0.1) is 0 Å². The Morgan fingerprint density at radius 3 is 2.78 bits per heavy atom. The van der Waals surface area contributed by atoms with E-state index in [9.17, 15) is 22.4 Å². The van der Waals surface area contributed by atoms with Crippen molar-refractivity contribution in [1.29, 1.82) is 0 Å². The molecule has 4 nitrogen and oxygen atoms in total. The molecule has 144 valence electrons. The van der Waals surface area contributed by atoms with Gasteiger partial charge in [0.05, 0.1) is 11.6 Å². The maximum absolute atomic E-state index is 13.9. The number of likely N-dealkylation sites (tertiary alicyclic amines) is 1. The molecular formula is C19H19F4N3O. The number of amides is 2. The first-order valence-corrected chi connectivity index (χ1v) is 8.66. The normalized spacial score (nSPS) is 17.6. The topological polar surface area (TPSA) is 45.2 Å². The molecule has 1 aliphatic heterocycles. The summed E-state index contributed by atoms with van der Waals surface area (Å²) in [6.07, 6.45) is 1.35. The third-order valence-corrected chi connectivity index (χ3v) is 4.64. The van der Waals surface area contributed by atoms with Crippen molar-refractivity contribution in [2.75, 3.05) is 6.54 Å². The number of halogens is 4. The molecule has 0 saturated carbocycles. The Balaban J connectivity index is 1.71. The average Bonchev–Trinajstić information content (AvgIpc) is 2.67. The molecule has 0 bridgehead atoms. The van der Waals surface area contributed by atoms with E-state index in [0.717, 1.165) is 37.0 Å². The molecule has 1 aromatic heterocycles. The number of carbonyl (C=O) groups excluding carboxylic acids is 1. The van der Waals surface area contributed by atoms with Crippen LogP contribution >= 0.6 is 0 Å². The Hall–Kier alpha value is -2.64. The molecule has 0 aliphatic carbocycles. The van der Waals surface area contributed by atoms with Gasteiger partial charge in [0, 0.05) is 31.0 Å². The number of alkyl halides is 3. The fraction of sp³-hybridized carbons (Fsp3) is 0.368.